The molecule has 0 radical (unpaired) electrons. The van der Waals surface area contributed by atoms with Crippen molar-refractivity contribution >= 4 is 22.4 Å². The second-order valence-electron chi connectivity index (χ2n) is 5.04. The minimum absolute atomic E-state index is 0. The molecule has 2 rings (SSSR count). The Morgan fingerprint density at radius 2 is 1.88 bits per heavy atom. The van der Waals surface area contributed by atoms with E-state index in [9.17, 15) is 8.42 Å². The van der Waals surface area contributed by atoms with Gasteiger partial charge in [0.1, 0.15) is 0 Å². The Morgan fingerprint density at radius 1 is 1.18 bits per heavy atom. The van der Waals surface area contributed by atoms with Crippen LogP contribution in [0.1, 0.15) is 38.5 Å². The molecule has 1 atom stereocenters. The summed E-state index contributed by atoms with van der Waals surface area (Å²) in [5.41, 5.74) is 5.65. The molecule has 0 amide bonds. The van der Waals surface area contributed by atoms with Crippen molar-refractivity contribution in [3.05, 3.63) is 0 Å². The minimum Gasteiger partial charge on any atom is -0.329 e. The quantitative estimate of drug-likeness (QED) is 0.828. The van der Waals surface area contributed by atoms with Crippen molar-refractivity contribution in [3.63, 3.8) is 0 Å². The van der Waals surface area contributed by atoms with Gasteiger partial charge in [-0.2, -0.15) is 4.31 Å². The van der Waals surface area contributed by atoms with E-state index in [4.69, 9.17) is 5.73 Å². The molecule has 6 heteroatoms. The van der Waals surface area contributed by atoms with E-state index in [2.05, 4.69) is 0 Å². The number of hydrogen-bond acceptors (Lipinski definition) is 3. The van der Waals surface area contributed by atoms with Crippen molar-refractivity contribution in [1.29, 1.82) is 0 Å². The summed E-state index contributed by atoms with van der Waals surface area (Å²) >= 11 is 0. The number of halogens is 1. The SMILES string of the molecule is Cl.NCC1CCCCN1S(=O)(=O)CCC1CC1. The highest BCUT2D eigenvalue weighted by Gasteiger charge is 2.32. The molecule has 102 valence electrons. The van der Waals surface area contributed by atoms with Gasteiger partial charge in [0.2, 0.25) is 10.0 Å². The Labute approximate surface area is 110 Å². The average Bonchev–Trinajstić information content (AvgIpc) is 3.10. The normalized spacial score (nSPS) is 26.5. The summed E-state index contributed by atoms with van der Waals surface area (Å²) in [7, 11) is -3.05. The Morgan fingerprint density at radius 3 is 2.47 bits per heavy atom. The van der Waals surface area contributed by atoms with Crippen LogP contribution in [0.3, 0.4) is 0 Å². The van der Waals surface area contributed by atoms with Crippen LogP contribution < -0.4 is 5.73 Å². The first kappa shape index (κ1) is 15.2. The third-order valence-electron chi connectivity index (χ3n) is 3.68. The lowest BCUT2D eigenvalue weighted by Gasteiger charge is -2.33. The average molecular weight is 283 g/mol. The van der Waals surface area contributed by atoms with Crippen molar-refractivity contribution in [2.24, 2.45) is 11.7 Å². The van der Waals surface area contributed by atoms with E-state index in [-0.39, 0.29) is 18.4 Å². The predicted molar refractivity (Wildman–Crippen MR) is 71.8 cm³/mol. The van der Waals surface area contributed by atoms with Gasteiger partial charge in [0.05, 0.1) is 5.75 Å². The van der Waals surface area contributed by atoms with E-state index in [1.165, 1.54) is 12.8 Å². The molecule has 1 heterocycles. The van der Waals surface area contributed by atoms with Gasteiger partial charge in [0.25, 0.3) is 0 Å². The Balaban J connectivity index is 0.00000144. The summed E-state index contributed by atoms with van der Waals surface area (Å²) in [4.78, 5) is 0. The summed E-state index contributed by atoms with van der Waals surface area (Å²) in [5.74, 6) is 1.00. The highest BCUT2D eigenvalue weighted by molar-refractivity contribution is 7.89. The summed E-state index contributed by atoms with van der Waals surface area (Å²) in [6, 6.07) is 0.0537. The summed E-state index contributed by atoms with van der Waals surface area (Å²) in [5, 5.41) is 0. The van der Waals surface area contributed by atoms with Crippen LogP contribution in [-0.2, 0) is 10.0 Å². The van der Waals surface area contributed by atoms with E-state index in [0.717, 1.165) is 25.7 Å². The van der Waals surface area contributed by atoms with E-state index < -0.39 is 10.0 Å². The molecule has 4 nitrogen and oxygen atoms in total. The first-order valence-corrected chi connectivity index (χ1v) is 7.94. The summed E-state index contributed by atoms with van der Waals surface area (Å²) < 4.78 is 26.0. The van der Waals surface area contributed by atoms with Crippen molar-refractivity contribution in [2.75, 3.05) is 18.8 Å². The highest BCUT2D eigenvalue weighted by Crippen LogP contribution is 2.33. The third kappa shape index (κ3) is 4.09. The minimum atomic E-state index is -3.05. The van der Waals surface area contributed by atoms with Crippen LogP contribution in [0.25, 0.3) is 0 Å². The molecule has 0 aromatic carbocycles. The smallest absolute Gasteiger partial charge is 0.214 e. The summed E-state index contributed by atoms with van der Waals surface area (Å²) in [6.45, 7) is 1.14. The van der Waals surface area contributed by atoms with E-state index in [1.807, 2.05) is 0 Å². The van der Waals surface area contributed by atoms with Crippen LogP contribution >= 0.6 is 12.4 Å². The lowest BCUT2D eigenvalue weighted by atomic mass is 10.1. The molecular formula is C11H23ClN2O2S. The van der Waals surface area contributed by atoms with Gasteiger partial charge in [0.15, 0.2) is 0 Å². The van der Waals surface area contributed by atoms with Crippen LogP contribution in [0.4, 0.5) is 0 Å². The number of hydrogen-bond donors (Lipinski definition) is 1. The second-order valence-corrected chi connectivity index (χ2v) is 7.09. The van der Waals surface area contributed by atoms with Crippen LogP contribution in [-0.4, -0.2) is 37.6 Å². The number of nitrogens with zero attached hydrogens (tertiary/aromatic N) is 1. The van der Waals surface area contributed by atoms with E-state index in [1.54, 1.807) is 4.31 Å². The molecular weight excluding hydrogens is 260 g/mol. The van der Waals surface area contributed by atoms with Gasteiger partial charge in [0, 0.05) is 19.1 Å². The van der Waals surface area contributed by atoms with Crippen LogP contribution in [0.5, 0.6) is 0 Å². The lowest BCUT2D eigenvalue weighted by molar-refractivity contribution is 0.257. The van der Waals surface area contributed by atoms with Gasteiger partial charge < -0.3 is 5.73 Å². The molecule has 0 aromatic rings. The Kier molecular flexibility index (Phi) is 5.70. The number of nitrogens with two attached hydrogens (primary N) is 1. The van der Waals surface area contributed by atoms with Gasteiger partial charge in [-0.1, -0.05) is 19.3 Å². The van der Waals surface area contributed by atoms with Crippen molar-refractivity contribution in [2.45, 2.75) is 44.6 Å². The lowest BCUT2D eigenvalue weighted by Crippen LogP contribution is -2.48. The van der Waals surface area contributed by atoms with Crippen LogP contribution in [0.15, 0.2) is 0 Å². The molecule has 0 bridgehead atoms. The number of piperidine rings is 1. The molecule has 2 fully saturated rings. The third-order valence-corrected chi connectivity index (χ3v) is 5.63. The van der Waals surface area contributed by atoms with E-state index >= 15 is 0 Å². The van der Waals surface area contributed by atoms with Gasteiger partial charge >= 0.3 is 0 Å². The predicted octanol–water partition coefficient (Wildman–Crippen LogP) is 1.35. The van der Waals surface area contributed by atoms with Gasteiger partial charge in [-0.05, 0) is 25.2 Å². The highest BCUT2D eigenvalue weighted by atomic mass is 35.5. The molecule has 2 aliphatic rings. The molecule has 0 aromatic heterocycles. The van der Waals surface area contributed by atoms with Crippen molar-refractivity contribution < 1.29 is 8.42 Å². The monoisotopic (exact) mass is 282 g/mol. The maximum atomic E-state index is 12.2. The zero-order valence-electron chi connectivity index (χ0n) is 10.2. The second kappa shape index (κ2) is 6.36. The van der Waals surface area contributed by atoms with Gasteiger partial charge in [-0.25, -0.2) is 8.42 Å². The molecule has 17 heavy (non-hydrogen) atoms. The molecule has 1 saturated carbocycles. The molecule has 1 aliphatic carbocycles. The number of rotatable bonds is 5. The van der Waals surface area contributed by atoms with Gasteiger partial charge in [-0.15, -0.1) is 12.4 Å². The Bertz CT molecular complexity index is 330. The maximum absolute atomic E-state index is 12.2. The molecule has 1 unspecified atom stereocenters. The van der Waals surface area contributed by atoms with Gasteiger partial charge in [-0.3, -0.25) is 0 Å². The first-order valence-electron chi connectivity index (χ1n) is 6.33. The zero-order chi connectivity index (χ0) is 11.6. The summed E-state index contributed by atoms with van der Waals surface area (Å²) in [6.07, 6.45) is 6.30. The maximum Gasteiger partial charge on any atom is 0.214 e. The largest absolute Gasteiger partial charge is 0.329 e. The molecule has 1 saturated heterocycles. The molecule has 0 spiro atoms. The fourth-order valence-corrected chi connectivity index (χ4v) is 4.33. The first-order chi connectivity index (χ1) is 7.63. The molecule has 2 N–H and O–H groups in total. The fraction of sp³-hybridized carbons (Fsp3) is 1.00. The zero-order valence-corrected chi connectivity index (χ0v) is 11.8. The van der Waals surface area contributed by atoms with Crippen molar-refractivity contribution in [1.82, 2.24) is 4.31 Å². The van der Waals surface area contributed by atoms with Crippen molar-refractivity contribution in [3.8, 4) is 0 Å². The van der Waals surface area contributed by atoms with Crippen LogP contribution in [0, 0.1) is 5.92 Å². The van der Waals surface area contributed by atoms with Crippen LogP contribution in [0.2, 0.25) is 0 Å². The standard InChI is InChI=1S/C11H22N2O2S.ClH/c12-9-11-3-1-2-7-13(11)16(14,15)8-6-10-4-5-10;/h10-11H,1-9,12H2;1H. The topological polar surface area (TPSA) is 63.4 Å². The van der Waals surface area contributed by atoms with E-state index in [0.29, 0.717) is 24.8 Å². The number of sulfonamides is 1. The Hall–Kier alpha value is 0.160. The fourth-order valence-electron chi connectivity index (χ4n) is 2.42. The molecule has 1 aliphatic heterocycles.